The Bertz CT molecular complexity index is 3600. The number of aliphatic hydroxyl groups excluding tert-OH is 2. The molecule has 2 aromatic rings. The largest absolute Gasteiger partial charge is 3.00 e. The molecule has 0 radical (unpaired) electrons. The van der Waals surface area contributed by atoms with E-state index in [1.807, 2.05) is 80.5 Å². The van der Waals surface area contributed by atoms with Crippen molar-refractivity contribution in [3.63, 3.8) is 0 Å². The molecule has 30 heteroatoms. The molecule has 0 saturated carbocycles. The molecular formula is C63H88CoN14O14P. The number of phosphoric acid groups is 1. The summed E-state index contributed by atoms with van der Waals surface area (Å²) in [7, 11) is -5.32. The number of fused-ring (bicyclic) bond motifs is 7. The van der Waals surface area contributed by atoms with E-state index in [2.05, 4.69) is 10.3 Å². The van der Waals surface area contributed by atoms with Crippen LogP contribution in [0.2, 0.25) is 0 Å². The number of nitrogens with one attached hydrogen (secondary N) is 1. The molecule has 1 aromatic heterocycles. The summed E-state index contributed by atoms with van der Waals surface area (Å²) in [6.45, 7) is 23.7. The minimum Gasteiger partial charge on any atom is -0.756 e. The minimum absolute atomic E-state index is 0. The second kappa shape index (κ2) is 28.5. The van der Waals surface area contributed by atoms with Gasteiger partial charge in [-0.05, 0) is 119 Å². The van der Waals surface area contributed by atoms with Gasteiger partial charge >= 0.3 is 16.8 Å². The Morgan fingerprint density at radius 2 is 1.39 bits per heavy atom. The van der Waals surface area contributed by atoms with E-state index in [9.17, 15) is 53.2 Å². The summed E-state index contributed by atoms with van der Waals surface area (Å²) in [5.41, 5.74) is 36.7. The summed E-state index contributed by atoms with van der Waals surface area (Å²) in [5, 5.41) is 36.4. The number of nitrogens with zero attached hydrogens (tertiary/aromatic N) is 7. The first-order valence-corrected chi connectivity index (χ1v) is 32.2. The molecule has 2 unspecified atom stereocenters. The van der Waals surface area contributed by atoms with Crippen LogP contribution in [0.3, 0.4) is 0 Å². The number of nitrogens with two attached hydrogens (primary N) is 6. The summed E-state index contributed by atoms with van der Waals surface area (Å²) >= 11 is 0. The number of hydrogen-bond donors (Lipinski definition) is 9. The van der Waals surface area contributed by atoms with E-state index in [0.717, 1.165) is 11.1 Å². The van der Waals surface area contributed by atoms with Gasteiger partial charge in [-0.1, -0.05) is 40.7 Å². The fraction of sp³-hybridized carbons (Fsp3) is 0.619. The molecule has 508 valence electrons. The summed E-state index contributed by atoms with van der Waals surface area (Å²) in [5.74, 6) is -7.40. The molecule has 2 saturated heterocycles. The smallest absolute Gasteiger partial charge is 0.756 e. The molecule has 15 atom stereocenters. The molecule has 15 N–H and O–H groups in total. The number of aliphatic hydroxyl groups is 2. The number of amides is 7. The van der Waals surface area contributed by atoms with Crippen LogP contribution in [0.5, 0.6) is 0 Å². The molecule has 93 heavy (non-hydrogen) atoms. The van der Waals surface area contributed by atoms with Crippen molar-refractivity contribution in [2.45, 2.75) is 189 Å². The molecular weight excluding hydrogens is 1260 g/mol. The minimum atomic E-state index is -5.32. The van der Waals surface area contributed by atoms with Gasteiger partial charge < -0.3 is 90.3 Å². The van der Waals surface area contributed by atoms with Crippen LogP contribution in [0.1, 0.15) is 150 Å². The van der Waals surface area contributed by atoms with Crippen LogP contribution in [-0.4, -0.2) is 127 Å². The maximum Gasteiger partial charge on any atom is 3.00 e. The van der Waals surface area contributed by atoms with Gasteiger partial charge in [-0.15, -0.1) is 0 Å². The standard InChI is InChI=1S/C62H90N13O14P.CN.Co/c1-29-20-39-40(21-30(29)2)75(28-70-39)57-52(84)53(41(27-76)87-57)89-90(85,86)88-31(3)26-69-49(83)18-19-59(8)37(22-46(66)80)56-62(11)61(10,25-48(68)82)36(14-17-45(65)79)51(74-62)33(5)55-60(9,24-47(67)81)34(12-15-43(63)77)38(71-55)23-42-58(6,7)35(13-16-44(64)78)50(72-42)32(4)54(59)73-56;1-2;/h20-21,23,28,31,34-37,41,52-53,56-57,76,84H,12-19,22,24-27H2,1-11H3,(H15,63,64,65,66,67,68,69,71,72,73,74,77,78,79,80,81,82,83,85,86);;/q;-1;+3/p-2/t31-,34-,35-,36-,37+,41-,52-,53-,56?,57+,59-,60+,61+,62+;;/m1../s1/i;;1-2. The van der Waals surface area contributed by atoms with Crippen LogP contribution >= 0.6 is 7.82 Å². The van der Waals surface area contributed by atoms with E-state index in [4.69, 9.17) is 80.3 Å². The van der Waals surface area contributed by atoms with Crippen molar-refractivity contribution in [2.75, 3.05) is 13.2 Å². The van der Waals surface area contributed by atoms with Gasteiger partial charge in [-0.3, -0.25) is 53.1 Å². The SMILES string of the molecule is C/C1=C2/[N-]C([C@H](CC(N)=O)[C@@]2(C)CCC(=O)NC[C@@H](C)OP(=O)([O-])O[C@H]2[C@@H](O)[C@@H](n3cnc4cc(C)c(C)cc43)O[C@@H]2CO)[C@]2(C)N=C(/C(C)=C3N=C(/C=C4N=C1[C@@H](CCC(N)=O)C\4(C)C)[C@@H](CCC(N)=O)[C@]\3(C)CC(N)=O)[C@@H](CCC(N)=O)[C@]2(C)CC(N)=O.[57Co+3].[C-]#N. The number of carbonyl (C=O) groups excluding carboxylic acids is 7. The zero-order valence-electron chi connectivity index (χ0n) is 54.4. The number of carbonyl (C=O) groups is 7. The first-order valence-electron chi connectivity index (χ1n) is 30.7. The van der Waals surface area contributed by atoms with Crippen LogP contribution in [0, 0.1) is 71.0 Å². The number of rotatable bonds is 26. The molecule has 7 amide bonds. The number of aliphatic imine (C=N–C) groups is 3. The number of phosphoric ester groups is 1. The van der Waals surface area contributed by atoms with Crippen molar-refractivity contribution in [1.82, 2.24) is 14.9 Å². The van der Waals surface area contributed by atoms with Gasteiger partial charge in [0.25, 0.3) is 7.82 Å². The van der Waals surface area contributed by atoms with Crippen LogP contribution in [0.4, 0.5) is 0 Å². The van der Waals surface area contributed by atoms with E-state index >= 15 is 0 Å². The van der Waals surface area contributed by atoms with E-state index < -0.39 is 143 Å². The number of primary amides is 6. The third kappa shape index (κ3) is 14.6. The second-order valence-electron chi connectivity index (χ2n) is 27.0. The molecule has 6 aliphatic rings. The number of imidazole rings is 1. The Hall–Kier alpha value is -7.00. The van der Waals surface area contributed by atoms with Crippen molar-refractivity contribution in [3.8, 4) is 0 Å². The molecule has 6 aliphatic heterocycles. The van der Waals surface area contributed by atoms with E-state index in [0.29, 0.717) is 56.4 Å². The Balaban J connectivity index is 0.00000453. The van der Waals surface area contributed by atoms with Crippen molar-refractivity contribution >= 4 is 77.3 Å². The Morgan fingerprint density at radius 3 is 1.96 bits per heavy atom. The molecule has 0 aliphatic carbocycles. The number of hydrogen-bond acceptors (Lipinski definition) is 19. The van der Waals surface area contributed by atoms with Gasteiger partial charge in [-0.25, -0.2) is 4.98 Å². The van der Waals surface area contributed by atoms with E-state index in [-0.39, 0.29) is 94.0 Å². The zero-order chi connectivity index (χ0) is 68.7. The molecule has 1 aromatic carbocycles. The topological polar surface area (TPSA) is 489 Å². The predicted molar refractivity (Wildman–Crippen MR) is 337 cm³/mol. The molecule has 7 heterocycles. The average molecular weight is 1350 g/mol. The summed E-state index contributed by atoms with van der Waals surface area (Å²) < 4.78 is 31.9. The molecule has 8 bridgehead atoms. The van der Waals surface area contributed by atoms with Gasteiger partial charge in [0.1, 0.15) is 18.3 Å². The predicted octanol–water partition coefficient (Wildman–Crippen LogP) is 3.41. The van der Waals surface area contributed by atoms with Gasteiger partial charge in [0.05, 0.1) is 41.3 Å². The Morgan fingerprint density at radius 1 is 0.806 bits per heavy atom. The van der Waals surface area contributed by atoms with Gasteiger partial charge in [0, 0.05) is 108 Å². The summed E-state index contributed by atoms with van der Waals surface area (Å²) in [4.78, 5) is 128. The van der Waals surface area contributed by atoms with Crippen LogP contribution in [-0.2, 0) is 68.7 Å². The van der Waals surface area contributed by atoms with E-state index in [1.165, 1.54) is 17.8 Å². The van der Waals surface area contributed by atoms with E-state index in [1.54, 1.807) is 6.92 Å². The van der Waals surface area contributed by atoms with Crippen LogP contribution in [0.15, 0.2) is 67.8 Å². The van der Waals surface area contributed by atoms with Crippen molar-refractivity contribution in [1.29, 1.82) is 5.26 Å². The van der Waals surface area contributed by atoms with Crippen molar-refractivity contribution < 1.29 is 83.8 Å². The maximum atomic E-state index is 14.4. The number of aromatic nitrogens is 2. The van der Waals surface area contributed by atoms with Crippen LogP contribution in [0.25, 0.3) is 16.4 Å². The van der Waals surface area contributed by atoms with Crippen LogP contribution < -0.4 is 44.6 Å². The second-order valence-corrected chi connectivity index (χ2v) is 28.3. The fourth-order valence-electron chi connectivity index (χ4n) is 15.3. The molecule has 8 rings (SSSR count). The third-order valence-corrected chi connectivity index (χ3v) is 21.6. The number of ether oxygens (including phenoxy) is 1. The first kappa shape index (κ1) is 75.0. The quantitative estimate of drug-likeness (QED) is 0.0481. The zero-order valence-corrected chi connectivity index (χ0v) is 56.4. The average Bonchev–Trinajstić information content (AvgIpc) is 1.53. The number of benzene rings is 1. The van der Waals surface area contributed by atoms with Gasteiger partial charge in [0.2, 0.25) is 41.4 Å². The first-order chi connectivity index (χ1) is 42.8. The maximum absolute atomic E-state index is 14.4. The monoisotopic (exact) mass is 1350 g/mol. The van der Waals surface area contributed by atoms with Gasteiger partial charge in [-0.2, -0.15) is 5.70 Å². The Kier molecular flexibility index (Phi) is 23.0. The molecule has 2 fully saturated rings. The molecule has 0 spiro atoms. The number of allylic oxidation sites excluding steroid dienone is 6. The number of aryl methyl sites for hydroxylation is 2. The Labute approximate surface area is 551 Å². The summed E-state index contributed by atoms with van der Waals surface area (Å²) in [6.07, 6.45) is -4.79. The third-order valence-electron chi connectivity index (χ3n) is 20.5. The van der Waals surface area contributed by atoms with Crippen molar-refractivity contribution in [3.05, 3.63) is 75.8 Å². The molecule has 28 nitrogen and oxygen atoms in total. The fourth-order valence-corrected chi connectivity index (χ4v) is 16.4. The summed E-state index contributed by atoms with van der Waals surface area (Å²) in [6, 6.07) is 2.65. The van der Waals surface area contributed by atoms with Crippen molar-refractivity contribution in [2.24, 2.45) is 94.7 Å². The normalized spacial score (nSPS) is 33.1. The van der Waals surface area contributed by atoms with Gasteiger partial charge in [0.15, 0.2) is 6.23 Å².